The van der Waals surface area contributed by atoms with Gasteiger partial charge >= 0.3 is 0 Å². The highest BCUT2D eigenvalue weighted by Crippen LogP contribution is 2.47. The van der Waals surface area contributed by atoms with Gasteiger partial charge in [0.2, 0.25) is 5.88 Å². The number of allylic oxidation sites excluding steroid dienone is 1. The van der Waals surface area contributed by atoms with Gasteiger partial charge in [-0.2, -0.15) is 5.26 Å². The Labute approximate surface area is 205 Å². The Bertz CT molecular complexity index is 1290. The topological polar surface area (TPSA) is 92.3 Å². The van der Waals surface area contributed by atoms with Gasteiger partial charge in [-0.05, 0) is 47.5 Å². The average molecular weight is 495 g/mol. The number of fused-ring (bicyclic) bond motifs is 1. The second-order valence-electron chi connectivity index (χ2n) is 8.36. The molecular weight excluding hydrogens is 474 g/mol. The lowest BCUT2D eigenvalue weighted by molar-refractivity contribution is 0.0340. The molecule has 3 aromatic carbocycles. The summed E-state index contributed by atoms with van der Waals surface area (Å²) in [5.74, 6) is -0.832. The molecule has 6 nitrogen and oxygen atoms in total. The molecule has 35 heavy (non-hydrogen) atoms. The van der Waals surface area contributed by atoms with E-state index in [0.29, 0.717) is 16.3 Å². The van der Waals surface area contributed by atoms with Gasteiger partial charge in [-0.25, -0.2) is 19.6 Å². The van der Waals surface area contributed by atoms with Crippen LogP contribution in [0.4, 0.5) is 8.78 Å². The van der Waals surface area contributed by atoms with Crippen LogP contribution in [0.2, 0.25) is 5.02 Å². The summed E-state index contributed by atoms with van der Waals surface area (Å²) in [5.41, 5.74) is 14.7. The molecule has 2 heterocycles. The molecule has 0 radical (unpaired) electrons. The maximum absolute atomic E-state index is 14.0. The van der Waals surface area contributed by atoms with Gasteiger partial charge in [0, 0.05) is 17.4 Å². The quantitative estimate of drug-likeness (QED) is 0.472. The van der Waals surface area contributed by atoms with Crippen LogP contribution in [-0.2, 0) is 11.3 Å². The fourth-order valence-electron chi connectivity index (χ4n) is 4.65. The van der Waals surface area contributed by atoms with Crippen molar-refractivity contribution in [3.05, 3.63) is 112 Å². The number of hydrogen-bond donors (Lipinski definition) is 3. The summed E-state index contributed by atoms with van der Waals surface area (Å²) in [7, 11) is 0. The molecule has 2 aliphatic rings. The lowest BCUT2D eigenvalue weighted by Crippen LogP contribution is -2.40. The normalized spacial score (nSPS) is 23.4. The zero-order valence-corrected chi connectivity index (χ0v) is 19.1. The van der Waals surface area contributed by atoms with E-state index >= 15 is 0 Å². The van der Waals surface area contributed by atoms with Gasteiger partial charge in [-0.3, -0.25) is 0 Å². The first-order valence-corrected chi connectivity index (χ1v) is 11.3. The zero-order chi connectivity index (χ0) is 24.5. The van der Waals surface area contributed by atoms with Gasteiger partial charge in [0.1, 0.15) is 30.1 Å². The minimum atomic E-state index is -0.494. The molecule has 178 valence electrons. The number of nitrogens with two attached hydrogens (primary N) is 1. The summed E-state index contributed by atoms with van der Waals surface area (Å²) in [5, 5.41) is 10.2. The third-order valence-electron chi connectivity index (χ3n) is 6.36. The molecule has 0 saturated carbocycles. The van der Waals surface area contributed by atoms with Crippen molar-refractivity contribution in [2.45, 2.75) is 24.8 Å². The van der Waals surface area contributed by atoms with Crippen LogP contribution in [0, 0.1) is 28.9 Å². The summed E-state index contributed by atoms with van der Waals surface area (Å²) < 4.78 is 39.1. The van der Waals surface area contributed by atoms with Crippen molar-refractivity contribution in [1.29, 1.82) is 5.26 Å². The van der Waals surface area contributed by atoms with E-state index in [-0.39, 0.29) is 35.8 Å². The smallest absolute Gasteiger partial charge is 0.200 e. The second kappa shape index (κ2) is 9.55. The number of nitriles is 1. The maximum atomic E-state index is 14.0. The number of rotatable bonds is 5. The minimum Gasteiger partial charge on any atom is -0.489 e. The van der Waals surface area contributed by atoms with Crippen molar-refractivity contribution < 1.29 is 18.3 Å². The highest BCUT2D eigenvalue weighted by molar-refractivity contribution is 6.31. The number of halogens is 3. The van der Waals surface area contributed by atoms with Crippen molar-refractivity contribution in [3.63, 3.8) is 0 Å². The van der Waals surface area contributed by atoms with E-state index in [9.17, 15) is 14.0 Å². The molecule has 9 heteroatoms. The summed E-state index contributed by atoms with van der Waals surface area (Å²) in [6, 6.07) is 19.8. The molecule has 0 aromatic heterocycles. The van der Waals surface area contributed by atoms with Gasteiger partial charge in [0.05, 0.1) is 16.6 Å². The molecular formula is C26H21ClF2N4O2. The molecule has 1 saturated heterocycles. The van der Waals surface area contributed by atoms with Gasteiger partial charge in [0.25, 0.3) is 0 Å². The molecule has 4 N–H and O–H groups in total. The monoisotopic (exact) mass is 494 g/mol. The fourth-order valence-corrected chi connectivity index (χ4v) is 4.86. The van der Waals surface area contributed by atoms with Gasteiger partial charge in [0.15, 0.2) is 6.23 Å². The first-order chi connectivity index (χ1) is 17.0. The van der Waals surface area contributed by atoms with Crippen LogP contribution >= 0.6 is 11.6 Å². The van der Waals surface area contributed by atoms with Gasteiger partial charge in [-0.1, -0.05) is 41.9 Å². The summed E-state index contributed by atoms with van der Waals surface area (Å²) >= 11 is 6.08. The molecule has 0 bridgehead atoms. The molecule has 3 aromatic rings. The van der Waals surface area contributed by atoms with Crippen LogP contribution in [0.15, 0.2) is 78.2 Å². The van der Waals surface area contributed by atoms with Crippen LogP contribution in [0.1, 0.15) is 28.7 Å². The Morgan fingerprint density at radius 2 is 1.71 bits per heavy atom. The predicted octanol–water partition coefficient (Wildman–Crippen LogP) is 4.80. The van der Waals surface area contributed by atoms with Gasteiger partial charge < -0.3 is 15.2 Å². The van der Waals surface area contributed by atoms with Crippen LogP contribution in [0.3, 0.4) is 0 Å². The first kappa shape index (κ1) is 23.1. The number of nitrogens with one attached hydrogen (secondary N) is 2. The van der Waals surface area contributed by atoms with E-state index in [1.165, 1.54) is 24.3 Å². The van der Waals surface area contributed by atoms with Crippen molar-refractivity contribution >= 4 is 11.6 Å². The van der Waals surface area contributed by atoms with Crippen molar-refractivity contribution in [2.24, 2.45) is 11.7 Å². The van der Waals surface area contributed by atoms with E-state index in [4.69, 9.17) is 26.8 Å². The number of ether oxygens (including phenoxy) is 2. The van der Waals surface area contributed by atoms with Crippen molar-refractivity contribution in [1.82, 2.24) is 10.9 Å². The summed E-state index contributed by atoms with van der Waals surface area (Å²) in [6.07, 6.45) is -0.494. The molecule has 4 atom stereocenters. The van der Waals surface area contributed by atoms with E-state index in [1.54, 1.807) is 30.3 Å². The molecule has 0 amide bonds. The third-order valence-corrected chi connectivity index (χ3v) is 6.72. The highest BCUT2D eigenvalue weighted by atomic mass is 35.5. The van der Waals surface area contributed by atoms with E-state index in [2.05, 4.69) is 16.9 Å². The SMILES string of the molecule is N#CC1=C(N)OC2NNC(c3ccc(F)cc3)C2C1c1ccc(OCc2c(F)cccc2Cl)cc1. The van der Waals surface area contributed by atoms with Crippen LogP contribution in [0.5, 0.6) is 5.75 Å². The molecule has 2 aliphatic heterocycles. The van der Waals surface area contributed by atoms with Crippen molar-refractivity contribution in [2.75, 3.05) is 0 Å². The summed E-state index contributed by atoms with van der Waals surface area (Å²) in [6.45, 7) is -0.0242. The highest BCUT2D eigenvalue weighted by Gasteiger charge is 2.49. The number of benzene rings is 3. The Morgan fingerprint density at radius 3 is 2.40 bits per heavy atom. The Balaban J connectivity index is 1.43. The zero-order valence-electron chi connectivity index (χ0n) is 18.3. The maximum Gasteiger partial charge on any atom is 0.200 e. The van der Waals surface area contributed by atoms with Gasteiger partial charge in [-0.15, -0.1) is 0 Å². The summed E-state index contributed by atoms with van der Waals surface area (Å²) in [4.78, 5) is 0. The third kappa shape index (κ3) is 4.42. The van der Waals surface area contributed by atoms with E-state index in [0.717, 1.165) is 11.1 Å². The van der Waals surface area contributed by atoms with Crippen LogP contribution in [-0.4, -0.2) is 6.23 Å². The van der Waals surface area contributed by atoms with E-state index in [1.807, 2.05) is 12.1 Å². The van der Waals surface area contributed by atoms with Crippen LogP contribution in [0.25, 0.3) is 0 Å². The molecule has 0 aliphatic carbocycles. The average Bonchev–Trinajstić information content (AvgIpc) is 3.27. The molecule has 4 unspecified atom stereocenters. The van der Waals surface area contributed by atoms with Crippen molar-refractivity contribution in [3.8, 4) is 11.8 Å². The fraction of sp³-hybridized carbons (Fsp3) is 0.192. The largest absolute Gasteiger partial charge is 0.489 e. The number of hydrogen-bond acceptors (Lipinski definition) is 6. The van der Waals surface area contributed by atoms with Crippen LogP contribution < -0.4 is 21.3 Å². The van der Waals surface area contributed by atoms with E-state index < -0.39 is 18.0 Å². The predicted molar refractivity (Wildman–Crippen MR) is 126 cm³/mol. The lowest BCUT2D eigenvalue weighted by atomic mass is 9.74. The standard InChI is InChI=1S/C26H21ClF2N4O2/c27-20-2-1-3-21(29)19(20)13-34-17-10-6-14(7-11-17)22-18(12-30)25(31)35-26-23(22)24(32-33-26)15-4-8-16(28)9-5-15/h1-11,22-24,26,32-33H,13,31H2. The molecule has 5 rings (SSSR count). The molecule has 0 spiro atoms. The minimum absolute atomic E-state index is 0.0242. The molecule has 1 fully saturated rings. The number of hydrazine groups is 1. The lowest BCUT2D eigenvalue weighted by Gasteiger charge is -2.36. The Morgan fingerprint density at radius 1 is 1.00 bits per heavy atom. The first-order valence-electron chi connectivity index (χ1n) is 10.9. The number of nitrogens with zero attached hydrogens (tertiary/aromatic N) is 1. The Kier molecular flexibility index (Phi) is 6.31. The second-order valence-corrected chi connectivity index (χ2v) is 8.77. The Hall–Kier alpha value is -3.64.